The van der Waals surface area contributed by atoms with Crippen LogP contribution in [0.2, 0.25) is 0 Å². The Morgan fingerprint density at radius 3 is 2.29 bits per heavy atom. The van der Waals surface area contributed by atoms with E-state index in [0.717, 1.165) is 12.1 Å². The van der Waals surface area contributed by atoms with Crippen LogP contribution in [0.4, 0.5) is 27.6 Å². The van der Waals surface area contributed by atoms with Gasteiger partial charge in [0.2, 0.25) is 6.43 Å². The number of alkyl halides is 5. The second-order valence-electron chi connectivity index (χ2n) is 3.74. The van der Waals surface area contributed by atoms with Crippen LogP contribution in [-0.4, -0.2) is 6.43 Å². The van der Waals surface area contributed by atoms with Crippen molar-refractivity contribution in [3.63, 3.8) is 0 Å². The van der Waals surface area contributed by atoms with Gasteiger partial charge in [-0.2, -0.15) is 13.2 Å². The molecule has 0 bridgehead atoms. The first-order valence-electron chi connectivity index (χ1n) is 5.04. The lowest BCUT2D eigenvalue weighted by Gasteiger charge is -2.10. The highest BCUT2D eigenvalue weighted by molar-refractivity contribution is 5.45. The van der Waals surface area contributed by atoms with Gasteiger partial charge in [-0.05, 0) is 36.6 Å². The molecule has 6 heteroatoms. The zero-order chi connectivity index (χ0) is 13.1. The Kier molecular flexibility index (Phi) is 4.31. The molecule has 0 saturated carbocycles. The lowest BCUT2D eigenvalue weighted by atomic mass is 10.0. The molecule has 96 valence electrons. The molecule has 0 unspecified atom stereocenters. The van der Waals surface area contributed by atoms with Crippen molar-refractivity contribution in [2.75, 3.05) is 5.73 Å². The summed E-state index contributed by atoms with van der Waals surface area (Å²) in [6, 6.07) is 3.15. The molecule has 0 atom stereocenters. The van der Waals surface area contributed by atoms with E-state index in [1.54, 1.807) is 0 Å². The topological polar surface area (TPSA) is 26.0 Å². The van der Waals surface area contributed by atoms with Gasteiger partial charge in [0.15, 0.2) is 0 Å². The molecule has 1 nitrogen and oxygen atoms in total. The van der Waals surface area contributed by atoms with Gasteiger partial charge in [-0.25, -0.2) is 8.78 Å². The van der Waals surface area contributed by atoms with Crippen LogP contribution in [0.3, 0.4) is 0 Å². The Morgan fingerprint density at radius 2 is 1.76 bits per heavy atom. The monoisotopic (exact) mass is 253 g/mol. The van der Waals surface area contributed by atoms with Gasteiger partial charge in [-0.1, -0.05) is 0 Å². The van der Waals surface area contributed by atoms with Crippen LogP contribution >= 0.6 is 0 Å². The van der Waals surface area contributed by atoms with Gasteiger partial charge in [0.1, 0.15) is 0 Å². The number of hydrogen-bond acceptors (Lipinski definition) is 1. The van der Waals surface area contributed by atoms with E-state index in [2.05, 4.69) is 0 Å². The molecular weight excluding hydrogens is 241 g/mol. The minimum atomic E-state index is -4.47. The molecule has 1 aromatic carbocycles. The number of hydrogen-bond donors (Lipinski definition) is 1. The highest BCUT2D eigenvalue weighted by Gasteiger charge is 2.30. The summed E-state index contributed by atoms with van der Waals surface area (Å²) in [6.45, 7) is 0. The SMILES string of the molecule is Nc1cc(CCCC(F)F)cc(C(F)(F)F)c1. The third kappa shape index (κ3) is 4.58. The molecule has 0 aliphatic carbocycles. The van der Waals surface area contributed by atoms with Crippen molar-refractivity contribution in [2.24, 2.45) is 0 Å². The average Bonchev–Trinajstić information content (AvgIpc) is 2.14. The molecule has 0 aromatic heterocycles. The van der Waals surface area contributed by atoms with Gasteiger partial charge in [-0.15, -0.1) is 0 Å². The van der Waals surface area contributed by atoms with Crippen LogP contribution in [0.25, 0.3) is 0 Å². The Balaban J connectivity index is 2.76. The summed E-state index contributed by atoms with van der Waals surface area (Å²) in [5, 5.41) is 0. The van der Waals surface area contributed by atoms with E-state index in [4.69, 9.17) is 5.73 Å². The third-order valence-electron chi connectivity index (χ3n) is 2.23. The first-order chi connectivity index (χ1) is 7.79. The lowest BCUT2D eigenvalue weighted by Crippen LogP contribution is -2.07. The maximum Gasteiger partial charge on any atom is 0.416 e. The highest BCUT2D eigenvalue weighted by atomic mass is 19.4. The largest absolute Gasteiger partial charge is 0.416 e. The van der Waals surface area contributed by atoms with Gasteiger partial charge in [0.05, 0.1) is 5.56 Å². The van der Waals surface area contributed by atoms with E-state index in [1.165, 1.54) is 6.07 Å². The molecule has 0 fully saturated rings. The number of nitrogen functional groups attached to an aromatic ring is 1. The van der Waals surface area contributed by atoms with Crippen LogP contribution in [-0.2, 0) is 12.6 Å². The van der Waals surface area contributed by atoms with Crippen molar-refractivity contribution in [3.05, 3.63) is 29.3 Å². The fraction of sp³-hybridized carbons (Fsp3) is 0.455. The molecule has 1 rings (SSSR count). The number of nitrogens with two attached hydrogens (primary N) is 1. The van der Waals surface area contributed by atoms with Gasteiger partial charge >= 0.3 is 6.18 Å². The number of rotatable bonds is 4. The summed E-state index contributed by atoms with van der Waals surface area (Å²) in [4.78, 5) is 0. The molecule has 17 heavy (non-hydrogen) atoms. The van der Waals surface area contributed by atoms with Gasteiger partial charge in [-0.3, -0.25) is 0 Å². The number of aryl methyl sites for hydroxylation is 1. The smallest absolute Gasteiger partial charge is 0.399 e. The van der Waals surface area contributed by atoms with Crippen molar-refractivity contribution in [2.45, 2.75) is 31.9 Å². The molecule has 0 amide bonds. The van der Waals surface area contributed by atoms with Crippen LogP contribution in [0.5, 0.6) is 0 Å². The quantitative estimate of drug-likeness (QED) is 0.639. The predicted octanol–water partition coefficient (Wildman–Crippen LogP) is 3.88. The highest BCUT2D eigenvalue weighted by Crippen LogP contribution is 2.31. The van der Waals surface area contributed by atoms with E-state index in [0.29, 0.717) is 5.56 Å². The lowest BCUT2D eigenvalue weighted by molar-refractivity contribution is -0.137. The van der Waals surface area contributed by atoms with Crippen molar-refractivity contribution >= 4 is 5.69 Å². The Hall–Kier alpha value is -1.33. The first kappa shape index (κ1) is 13.7. The predicted molar refractivity (Wildman–Crippen MR) is 54.8 cm³/mol. The molecule has 0 saturated heterocycles. The minimum absolute atomic E-state index is 0.00753. The van der Waals surface area contributed by atoms with Gasteiger partial charge in [0.25, 0.3) is 0 Å². The summed E-state index contributed by atoms with van der Waals surface area (Å²) < 4.78 is 61.0. The fourth-order valence-electron chi connectivity index (χ4n) is 1.49. The van der Waals surface area contributed by atoms with Gasteiger partial charge < -0.3 is 5.73 Å². The van der Waals surface area contributed by atoms with Crippen LogP contribution in [0.15, 0.2) is 18.2 Å². The maximum absolute atomic E-state index is 12.4. The molecule has 0 aliphatic heterocycles. The van der Waals surface area contributed by atoms with Crippen molar-refractivity contribution in [3.8, 4) is 0 Å². The van der Waals surface area contributed by atoms with E-state index in [-0.39, 0.29) is 24.9 Å². The standard InChI is InChI=1S/C11H12F5N/c12-10(13)3-1-2-7-4-8(11(14,15)16)6-9(17)5-7/h4-6,10H,1-3,17H2. The van der Waals surface area contributed by atoms with Crippen LogP contribution in [0.1, 0.15) is 24.0 Å². The minimum Gasteiger partial charge on any atom is -0.399 e. The Morgan fingerprint density at radius 1 is 1.12 bits per heavy atom. The summed E-state index contributed by atoms with van der Waals surface area (Å²) in [5.74, 6) is 0. The molecule has 2 N–H and O–H groups in total. The van der Waals surface area contributed by atoms with Gasteiger partial charge in [0, 0.05) is 12.1 Å². The molecule has 1 aromatic rings. The van der Waals surface area contributed by atoms with E-state index in [1.807, 2.05) is 0 Å². The number of halogens is 5. The maximum atomic E-state index is 12.4. The van der Waals surface area contributed by atoms with Crippen LogP contribution < -0.4 is 5.73 Å². The number of benzene rings is 1. The summed E-state index contributed by atoms with van der Waals surface area (Å²) in [6.07, 6.45) is -6.92. The van der Waals surface area contributed by atoms with Crippen molar-refractivity contribution < 1.29 is 22.0 Å². The molecule has 0 aliphatic rings. The zero-order valence-corrected chi connectivity index (χ0v) is 8.90. The van der Waals surface area contributed by atoms with E-state index in [9.17, 15) is 22.0 Å². The summed E-state index contributed by atoms with van der Waals surface area (Å²) in [7, 11) is 0. The average molecular weight is 253 g/mol. The zero-order valence-electron chi connectivity index (χ0n) is 8.90. The molecule has 0 radical (unpaired) electrons. The third-order valence-corrected chi connectivity index (χ3v) is 2.23. The molecular formula is C11H12F5N. The second-order valence-corrected chi connectivity index (χ2v) is 3.74. The van der Waals surface area contributed by atoms with E-state index >= 15 is 0 Å². The Labute approximate surface area is 95.4 Å². The molecule has 0 heterocycles. The summed E-state index contributed by atoms with van der Waals surface area (Å²) in [5.41, 5.74) is 4.82. The molecule has 0 spiro atoms. The first-order valence-corrected chi connectivity index (χ1v) is 5.04. The number of anilines is 1. The second kappa shape index (κ2) is 5.33. The van der Waals surface area contributed by atoms with Crippen LogP contribution in [0, 0.1) is 0 Å². The van der Waals surface area contributed by atoms with E-state index < -0.39 is 18.2 Å². The van der Waals surface area contributed by atoms with Crippen molar-refractivity contribution in [1.82, 2.24) is 0 Å². The van der Waals surface area contributed by atoms with Crippen molar-refractivity contribution in [1.29, 1.82) is 0 Å². The normalized spacial score (nSPS) is 12.1. The fourth-order valence-corrected chi connectivity index (χ4v) is 1.49. The Bertz CT molecular complexity index is 373. The summed E-state index contributed by atoms with van der Waals surface area (Å²) >= 11 is 0.